The van der Waals surface area contributed by atoms with Crippen molar-refractivity contribution < 1.29 is 28.6 Å². The smallest absolute Gasteiger partial charge is 0.355 e. The molecule has 0 aliphatic heterocycles. The van der Waals surface area contributed by atoms with Crippen LogP contribution in [0.1, 0.15) is 6.92 Å². The quantitative estimate of drug-likeness (QED) is 0.333. The Hall–Kier alpha value is -2.83. The van der Waals surface area contributed by atoms with Crippen molar-refractivity contribution in [3.63, 3.8) is 0 Å². The summed E-state index contributed by atoms with van der Waals surface area (Å²) in [5, 5.41) is 0. The number of ether oxygens (including phenoxy) is 3. The van der Waals surface area contributed by atoms with Crippen LogP contribution in [0.25, 0.3) is 0 Å². The molecule has 0 amide bonds. The van der Waals surface area contributed by atoms with Crippen LogP contribution in [-0.2, 0) is 28.6 Å². The van der Waals surface area contributed by atoms with Crippen molar-refractivity contribution in [1.29, 1.82) is 0 Å². The number of hydrogen-bond acceptors (Lipinski definition) is 7. The Morgan fingerprint density at radius 3 is 2.09 bits per heavy atom. The summed E-state index contributed by atoms with van der Waals surface area (Å²) in [5.41, 5.74) is 4.65. The van der Waals surface area contributed by atoms with Gasteiger partial charge in [-0.1, -0.05) is 30.4 Å². The summed E-state index contributed by atoms with van der Waals surface area (Å²) in [7, 11) is 2.27. The number of hydrogen-bond donors (Lipinski definition) is 1. The highest BCUT2D eigenvalue weighted by molar-refractivity contribution is 6.11. The zero-order valence-electron chi connectivity index (χ0n) is 13.2. The van der Waals surface area contributed by atoms with Crippen LogP contribution in [-0.4, -0.2) is 38.7 Å². The maximum absolute atomic E-state index is 12.1. The highest BCUT2D eigenvalue weighted by atomic mass is 16.5. The van der Waals surface area contributed by atoms with E-state index in [2.05, 4.69) is 9.47 Å². The number of nitrogens with two attached hydrogens (primary N) is 1. The van der Waals surface area contributed by atoms with Gasteiger partial charge < -0.3 is 19.9 Å². The Bertz CT molecular complexity index is 600. The van der Waals surface area contributed by atoms with Gasteiger partial charge in [0.1, 0.15) is 11.3 Å². The van der Waals surface area contributed by atoms with Crippen LogP contribution in [0.15, 0.2) is 47.2 Å². The molecule has 7 nitrogen and oxygen atoms in total. The first kappa shape index (κ1) is 18.2. The molecule has 0 heterocycles. The molecule has 0 spiro atoms. The van der Waals surface area contributed by atoms with Gasteiger partial charge in [-0.25, -0.2) is 14.4 Å². The second kappa shape index (κ2) is 8.57. The van der Waals surface area contributed by atoms with Gasteiger partial charge >= 0.3 is 17.9 Å². The molecule has 0 atom stereocenters. The van der Waals surface area contributed by atoms with E-state index in [1.165, 1.54) is 6.08 Å². The van der Waals surface area contributed by atoms with Crippen molar-refractivity contribution in [3.05, 3.63) is 47.2 Å². The van der Waals surface area contributed by atoms with E-state index in [-0.39, 0.29) is 23.7 Å². The largest absolute Gasteiger partial charge is 0.465 e. The molecule has 0 bridgehead atoms. The number of carbonyl (C=O) groups excluding carboxylic acids is 3. The third kappa shape index (κ3) is 4.57. The van der Waals surface area contributed by atoms with Gasteiger partial charge in [-0.3, -0.25) is 0 Å². The predicted octanol–water partition coefficient (Wildman–Crippen LogP) is 0.777. The van der Waals surface area contributed by atoms with Crippen LogP contribution in [0.3, 0.4) is 0 Å². The van der Waals surface area contributed by atoms with Gasteiger partial charge in [0.2, 0.25) is 0 Å². The van der Waals surface area contributed by atoms with E-state index >= 15 is 0 Å². The third-order valence-corrected chi connectivity index (χ3v) is 2.97. The second-order valence-electron chi connectivity index (χ2n) is 4.42. The average Bonchev–Trinajstić information content (AvgIpc) is 3.06. The lowest BCUT2D eigenvalue weighted by Crippen LogP contribution is -2.25. The number of methoxy groups -OCH3 is 2. The first-order chi connectivity index (χ1) is 11.0. The molecule has 0 unspecified atom stereocenters. The fourth-order valence-electron chi connectivity index (χ4n) is 1.89. The molecule has 2 N–H and O–H groups in total. The summed E-state index contributed by atoms with van der Waals surface area (Å²) in [6, 6.07) is 0. The molecule has 0 aromatic rings. The van der Waals surface area contributed by atoms with Gasteiger partial charge in [0, 0.05) is 5.92 Å². The van der Waals surface area contributed by atoms with Gasteiger partial charge in [0.25, 0.3) is 0 Å². The summed E-state index contributed by atoms with van der Waals surface area (Å²) in [6.45, 7) is 1.66. The first-order valence-corrected chi connectivity index (χ1v) is 6.86. The monoisotopic (exact) mass is 321 g/mol. The summed E-state index contributed by atoms with van der Waals surface area (Å²) < 4.78 is 14.1. The Morgan fingerprint density at radius 1 is 1.04 bits per heavy atom. The molecule has 1 rings (SSSR count). The van der Waals surface area contributed by atoms with E-state index in [4.69, 9.17) is 10.5 Å². The minimum atomic E-state index is -0.932. The topological polar surface area (TPSA) is 105 Å². The molecule has 0 saturated heterocycles. The minimum Gasteiger partial charge on any atom is -0.465 e. The Labute approximate surface area is 134 Å². The van der Waals surface area contributed by atoms with Crippen molar-refractivity contribution in [2.75, 3.05) is 20.8 Å². The van der Waals surface area contributed by atoms with Crippen LogP contribution in [0.5, 0.6) is 0 Å². The molecule has 1 aliphatic carbocycles. The molecule has 0 fully saturated rings. The average molecular weight is 321 g/mol. The molecule has 0 aromatic carbocycles. The van der Waals surface area contributed by atoms with E-state index < -0.39 is 23.6 Å². The number of rotatable bonds is 6. The Balaban J connectivity index is 3.44. The van der Waals surface area contributed by atoms with E-state index in [0.717, 1.165) is 14.2 Å². The number of esters is 3. The second-order valence-corrected chi connectivity index (χ2v) is 4.42. The number of allylic oxidation sites excluding steroid dienone is 5. The van der Waals surface area contributed by atoms with Crippen LogP contribution in [0.2, 0.25) is 0 Å². The van der Waals surface area contributed by atoms with E-state index in [1.54, 1.807) is 31.2 Å². The highest BCUT2D eigenvalue weighted by Gasteiger charge is 2.29. The maximum atomic E-state index is 12.1. The molecule has 23 heavy (non-hydrogen) atoms. The Morgan fingerprint density at radius 2 is 1.61 bits per heavy atom. The molecule has 124 valence electrons. The summed E-state index contributed by atoms with van der Waals surface area (Å²) in [6.07, 6.45) is 8.61. The van der Waals surface area contributed by atoms with Crippen LogP contribution in [0, 0.1) is 5.92 Å². The zero-order valence-corrected chi connectivity index (χ0v) is 13.2. The summed E-state index contributed by atoms with van der Waals surface area (Å²) in [4.78, 5) is 35.9. The van der Waals surface area contributed by atoms with Gasteiger partial charge in [0.15, 0.2) is 0 Å². The zero-order chi connectivity index (χ0) is 17.4. The first-order valence-electron chi connectivity index (χ1n) is 6.86. The van der Waals surface area contributed by atoms with E-state index in [9.17, 15) is 14.4 Å². The van der Waals surface area contributed by atoms with Gasteiger partial charge in [-0.2, -0.15) is 0 Å². The summed E-state index contributed by atoms with van der Waals surface area (Å²) in [5.74, 6) is -2.90. The fourth-order valence-corrected chi connectivity index (χ4v) is 1.89. The predicted molar refractivity (Wildman–Crippen MR) is 81.7 cm³/mol. The lowest BCUT2D eigenvalue weighted by atomic mass is 9.98. The van der Waals surface area contributed by atoms with Crippen LogP contribution in [0.4, 0.5) is 0 Å². The normalized spacial score (nSPS) is 15.2. The molecule has 0 radical (unpaired) electrons. The molecule has 0 aromatic heterocycles. The van der Waals surface area contributed by atoms with E-state index in [0.29, 0.717) is 0 Å². The van der Waals surface area contributed by atoms with Gasteiger partial charge in [0.05, 0.1) is 26.4 Å². The molecular weight excluding hydrogens is 302 g/mol. The molecule has 1 aliphatic rings. The van der Waals surface area contributed by atoms with E-state index in [1.807, 2.05) is 0 Å². The molecule has 7 heteroatoms. The van der Waals surface area contributed by atoms with Crippen molar-refractivity contribution in [2.45, 2.75) is 6.92 Å². The fraction of sp³-hybridized carbons (Fsp3) is 0.312. The lowest BCUT2D eigenvalue weighted by molar-refractivity contribution is -0.141. The number of carbonyl (C=O) groups is 3. The van der Waals surface area contributed by atoms with Gasteiger partial charge in [-0.15, -0.1) is 0 Å². The van der Waals surface area contributed by atoms with Crippen LogP contribution < -0.4 is 5.73 Å². The van der Waals surface area contributed by atoms with Gasteiger partial charge in [-0.05, 0) is 6.92 Å². The summed E-state index contributed by atoms with van der Waals surface area (Å²) >= 11 is 0. The highest BCUT2D eigenvalue weighted by Crippen LogP contribution is 2.22. The van der Waals surface area contributed by atoms with Crippen molar-refractivity contribution >= 4 is 17.9 Å². The molecular formula is C16H19NO6. The SMILES string of the molecule is CCOC(=O)C(N)=C(C(=O)OC)C(=CC1C=CC=C1)C(=O)OC. The Kier molecular flexibility index (Phi) is 6.79. The maximum Gasteiger partial charge on any atom is 0.355 e. The third-order valence-electron chi connectivity index (χ3n) is 2.97. The minimum absolute atomic E-state index is 0.0688. The lowest BCUT2D eigenvalue weighted by Gasteiger charge is -2.13. The molecule has 0 saturated carbocycles. The van der Waals surface area contributed by atoms with Crippen molar-refractivity contribution in [3.8, 4) is 0 Å². The van der Waals surface area contributed by atoms with Crippen molar-refractivity contribution in [2.24, 2.45) is 11.7 Å². The van der Waals surface area contributed by atoms with Crippen molar-refractivity contribution in [1.82, 2.24) is 0 Å². The van der Waals surface area contributed by atoms with Crippen LogP contribution >= 0.6 is 0 Å². The standard InChI is InChI=1S/C16H19NO6/c1-4-23-16(20)13(17)12(15(19)22-3)11(14(18)21-2)9-10-7-5-6-8-10/h5-10H,4,17H2,1-3H3.